The minimum atomic E-state index is -0.792. The molecule has 0 saturated heterocycles. The molecular formula is C62H106O6. The van der Waals surface area contributed by atoms with Gasteiger partial charge in [0.25, 0.3) is 0 Å². The van der Waals surface area contributed by atoms with Crippen molar-refractivity contribution in [2.24, 2.45) is 0 Å². The van der Waals surface area contributed by atoms with Crippen molar-refractivity contribution in [1.29, 1.82) is 0 Å². The summed E-state index contributed by atoms with van der Waals surface area (Å²) in [6.07, 6.45) is 72.9. The Balaban J connectivity index is 4.35. The Morgan fingerprint density at radius 3 is 0.941 bits per heavy atom. The average molecular weight is 948 g/mol. The minimum absolute atomic E-state index is 0.0903. The molecule has 0 bridgehead atoms. The zero-order valence-electron chi connectivity index (χ0n) is 44.6. The Morgan fingerprint density at radius 2 is 0.574 bits per heavy atom. The second-order valence-electron chi connectivity index (χ2n) is 18.8. The largest absolute Gasteiger partial charge is 0.462 e. The van der Waals surface area contributed by atoms with Gasteiger partial charge in [-0.2, -0.15) is 0 Å². The standard InChI is InChI=1S/C62H106O6/c1-4-7-10-13-16-19-22-25-27-28-29-30-31-32-33-34-36-37-40-43-46-49-52-55-61(64)67-58-59(57-66-60(63)54-51-48-45-42-39-24-21-18-15-12-9-6-3)68-62(65)56-53-50-47-44-41-38-35-26-23-20-17-14-11-8-5-2/h8,11,17-18,20-22,25-26,28-29,31-32,35,59H,4-7,9-10,12-16,19,23-24,27,30,33-34,36-58H2,1-3H3/b11-8-,20-17-,21-18-,25-22-,29-28-,32-31-,35-26-. The minimum Gasteiger partial charge on any atom is -0.462 e. The zero-order valence-corrected chi connectivity index (χ0v) is 44.6. The summed E-state index contributed by atoms with van der Waals surface area (Å²) in [5.74, 6) is -0.920. The van der Waals surface area contributed by atoms with Crippen molar-refractivity contribution in [2.75, 3.05) is 13.2 Å². The Hall–Kier alpha value is -3.41. The lowest BCUT2D eigenvalue weighted by Crippen LogP contribution is -2.30. The molecule has 0 aliphatic carbocycles. The van der Waals surface area contributed by atoms with E-state index in [-0.39, 0.29) is 31.1 Å². The second-order valence-corrected chi connectivity index (χ2v) is 18.8. The van der Waals surface area contributed by atoms with E-state index in [0.717, 1.165) is 122 Å². The van der Waals surface area contributed by atoms with Gasteiger partial charge < -0.3 is 14.2 Å². The topological polar surface area (TPSA) is 78.9 Å². The lowest BCUT2D eigenvalue weighted by Gasteiger charge is -2.18. The molecule has 0 aliphatic rings. The Morgan fingerprint density at radius 1 is 0.309 bits per heavy atom. The van der Waals surface area contributed by atoms with E-state index in [1.54, 1.807) is 0 Å². The van der Waals surface area contributed by atoms with E-state index in [1.165, 1.54) is 109 Å². The van der Waals surface area contributed by atoms with Gasteiger partial charge in [0.1, 0.15) is 13.2 Å². The predicted octanol–water partition coefficient (Wildman–Crippen LogP) is 19.2. The molecule has 0 aromatic heterocycles. The van der Waals surface area contributed by atoms with Gasteiger partial charge in [0.15, 0.2) is 6.10 Å². The number of hydrogen-bond donors (Lipinski definition) is 0. The van der Waals surface area contributed by atoms with Crippen molar-refractivity contribution >= 4 is 17.9 Å². The molecule has 0 heterocycles. The van der Waals surface area contributed by atoms with Crippen LogP contribution in [0.4, 0.5) is 0 Å². The first-order valence-corrected chi connectivity index (χ1v) is 28.6. The molecular weight excluding hydrogens is 841 g/mol. The van der Waals surface area contributed by atoms with Crippen LogP contribution in [0.3, 0.4) is 0 Å². The van der Waals surface area contributed by atoms with Crippen molar-refractivity contribution in [2.45, 2.75) is 277 Å². The average Bonchev–Trinajstić information content (AvgIpc) is 3.34. The van der Waals surface area contributed by atoms with Crippen molar-refractivity contribution in [3.63, 3.8) is 0 Å². The maximum atomic E-state index is 12.8. The SMILES string of the molecule is CC/C=C\C/C=C\C/C=C\CCCCCCCC(=O)OC(COC(=O)CCCCCCC/C=C\CCCCC)COC(=O)CCCCCCCCCC/C=C\C/C=C\C/C=C\CCCCCCC. The van der Waals surface area contributed by atoms with Crippen LogP contribution in [-0.2, 0) is 28.6 Å². The second kappa shape index (κ2) is 56.2. The molecule has 0 radical (unpaired) electrons. The molecule has 0 amide bonds. The van der Waals surface area contributed by atoms with Crippen LogP contribution in [-0.4, -0.2) is 37.2 Å². The number of carbonyl (C=O) groups is 3. The molecule has 0 fully saturated rings. The molecule has 0 spiro atoms. The molecule has 1 atom stereocenters. The summed E-state index contributed by atoms with van der Waals surface area (Å²) in [6, 6.07) is 0. The Bertz CT molecular complexity index is 1320. The van der Waals surface area contributed by atoms with Crippen LogP contribution in [0, 0.1) is 0 Å². The van der Waals surface area contributed by atoms with Gasteiger partial charge in [0.2, 0.25) is 0 Å². The summed E-state index contributed by atoms with van der Waals surface area (Å²) in [5.41, 5.74) is 0. The molecule has 68 heavy (non-hydrogen) atoms. The third-order valence-electron chi connectivity index (χ3n) is 12.1. The molecule has 6 nitrogen and oxygen atoms in total. The number of ether oxygens (including phenoxy) is 3. The van der Waals surface area contributed by atoms with Crippen LogP contribution in [0.5, 0.6) is 0 Å². The first-order chi connectivity index (χ1) is 33.5. The summed E-state index contributed by atoms with van der Waals surface area (Å²) in [6.45, 7) is 6.47. The van der Waals surface area contributed by atoms with Crippen LogP contribution in [0.2, 0.25) is 0 Å². The zero-order chi connectivity index (χ0) is 49.3. The maximum absolute atomic E-state index is 12.8. The number of allylic oxidation sites excluding steroid dienone is 14. The van der Waals surface area contributed by atoms with E-state index in [2.05, 4.69) is 106 Å². The van der Waals surface area contributed by atoms with Crippen molar-refractivity contribution in [3.05, 3.63) is 85.1 Å². The van der Waals surface area contributed by atoms with E-state index >= 15 is 0 Å². The van der Waals surface area contributed by atoms with Gasteiger partial charge in [0, 0.05) is 19.3 Å². The first kappa shape index (κ1) is 64.6. The molecule has 0 aromatic rings. The highest BCUT2D eigenvalue weighted by atomic mass is 16.6. The number of hydrogen-bond acceptors (Lipinski definition) is 6. The quantitative estimate of drug-likeness (QED) is 0.0262. The number of esters is 3. The lowest BCUT2D eigenvalue weighted by molar-refractivity contribution is -0.167. The smallest absolute Gasteiger partial charge is 0.306 e. The van der Waals surface area contributed by atoms with Gasteiger partial charge in [-0.25, -0.2) is 0 Å². The molecule has 0 rings (SSSR count). The first-order valence-electron chi connectivity index (χ1n) is 28.6. The summed E-state index contributed by atoms with van der Waals surface area (Å²) in [5, 5.41) is 0. The Labute approximate surface area is 420 Å². The van der Waals surface area contributed by atoms with Gasteiger partial charge in [-0.1, -0.05) is 221 Å². The molecule has 0 saturated carbocycles. The molecule has 1 unspecified atom stereocenters. The predicted molar refractivity (Wildman–Crippen MR) is 293 cm³/mol. The van der Waals surface area contributed by atoms with E-state index in [1.807, 2.05) is 0 Å². The fraction of sp³-hybridized carbons (Fsp3) is 0.726. The summed E-state index contributed by atoms with van der Waals surface area (Å²) in [7, 11) is 0. The van der Waals surface area contributed by atoms with Crippen LogP contribution < -0.4 is 0 Å². The third-order valence-corrected chi connectivity index (χ3v) is 12.1. The highest BCUT2D eigenvalue weighted by molar-refractivity contribution is 5.71. The van der Waals surface area contributed by atoms with Crippen molar-refractivity contribution in [3.8, 4) is 0 Å². The van der Waals surface area contributed by atoms with Crippen molar-refractivity contribution in [1.82, 2.24) is 0 Å². The molecule has 0 aromatic carbocycles. The molecule has 0 aliphatic heterocycles. The van der Waals surface area contributed by atoms with Gasteiger partial charge >= 0.3 is 17.9 Å². The summed E-state index contributed by atoms with van der Waals surface area (Å²) in [4.78, 5) is 38.1. The van der Waals surface area contributed by atoms with Gasteiger partial charge in [-0.3, -0.25) is 14.4 Å². The number of unbranched alkanes of at least 4 members (excludes halogenated alkanes) is 26. The maximum Gasteiger partial charge on any atom is 0.306 e. The van der Waals surface area contributed by atoms with Gasteiger partial charge in [-0.15, -0.1) is 0 Å². The van der Waals surface area contributed by atoms with Crippen molar-refractivity contribution < 1.29 is 28.6 Å². The normalized spacial score (nSPS) is 12.7. The van der Waals surface area contributed by atoms with E-state index in [4.69, 9.17) is 14.2 Å². The highest BCUT2D eigenvalue weighted by Crippen LogP contribution is 2.14. The monoisotopic (exact) mass is 947 g/mol. The van der Waals surface area contributed by atoms with Gasteiger partial charge in [-0.05, 0) is 116 Å². The third kappa shape index (κ3) is 53.5. The van der Waals surface area contributed by atoms with E-state index < -0.39 is 6.10 Å². The number of carbonyl (C=O) groups excluding carboxylic acids is 3. The lowest BCUT2D eigenvalue weighted by atomic mass is 10.1. The van der Waals surface area contributed by atoms with Crippen LogP contribution in [0.1, 0.15) is 271 Å². The fourth-order valence-electron chi connectivity index (χ4n) is 7.81. The van der Waals surface area contributed by atoms with Gasteiger partial charge in [0.05, 0.1) is 0 Å². The summed E-state index contributed by atoms with van der Waals surface area (Å²) >= 11 is 0. The van der Waals surface area contributed by atoms with Crippen LogP contribution >= 0.6 is 0 Å². The van der Waals surface area contributed by atoms with Crippen LogP contribution in [0.15, 0.2) is 85.1 Å². The molecule has 0 N–H and O–H groups in total. The van der Waals surface area contributed by atoms with E-state index in [0.29, 0.717) is 19.3 Å². The molecule has 390 valence electrons. The number of rotatable bonds is 51. The Kier molecular flexibility index (Phi) is 53.4. The van der Waals surface area contributed by atoms with Crippen LogP contribution in [0.25, 0.3) is 0 Å². The fourth-order valence-corrected chi connectivity index (χ4v) is 7.81. The van der Waals surface area contributed by atoms with E-state index in [9.17, 15) is 14.4 Å². The molecule has 6 heteroatoms. The summed E-state index contributed by atoms with van der Waals surface area (Å²) < 4.78 is 16.8. The highest BCUT2D eigenvalue weighted by Gasteiger charge is 2.19.